The van der Waals surface area contributed by atoms with Gasteiger partial charge in [0, 0.05) is 59.0 Å². The number of hydrogen-bond acceptors (Lipinski definition) is 4. The lowest BCUT2D eigenvalue weighted by Crippen LogP contribution is -2.42. The number of amides is 3. The van der Waals surface area contributed by atoms with Gasteiger partial charge in [-0.3, -0.25) is 14.4 Å². The molecule has 0 aliphatic carbocycles. The maximum atomic E-state index is 12.7. The van der Waals surface area contributed by atoms with Gasteiger partial charge in [-0.15, -0.1) is 0 Å². The van der Waals surface area contributed by atoms with Gasteiger partial charge in [-0.25, -0.2) is 4.98 Å². The van der Waals surface area contributed by atoms with Crippen LogP contribution in [0.25, 0.3) is 0 Å². The van der Waals surface area contributed by atoms with Crippen molar-refractivity contribution in [2.45, 2.75) is 26.8 Å². The van der Waals surface area contributed by atoms with Gasteiger partial charge in [0.25, 0.3) is 0 Å². The Balaban J connectivity index is 2.11. The molecule has 1 fully saturated rings. The quantitative estimate of drug-likeness (QED) is 0.803. The fraction of sp³-hybridized carbons (Fsp3) is 0.625. The van der Waals surface area contributed by atoms with Gasteiger partial charge in [-0.1, -0.05) is 6.92 Å². The van der Waals surface area contributed by atoms with Gasteiger partial charge < -0.3 is 19.7 Å². The molecular weight excluding hydrogens is 310 g/mol. The first-order valence-electron chi connectivity index (χ1n) is 8.21. The maximum absolute atomic E-state index is 12.7. The van der Waals surface area contributed by atoms with Gasteiger partial charge in [0.05, 0.1) is 5.92 Å². The Kier molecular flexibility index (Phi) is 5.94. The third-order valence-corrected chi connectivity index (χ3v) is 4.36. The van der Waals surface area contributed by atoms with E-state index in [2.05, 4.69) is 10.3 Å². The van der Waals surface area contributed by atoms with Crippen LogP contribution in [0.3, 0.4) is 0 Å². The number of carbonyl (C=O) groups is 3. The summed E-state index contributed by atoms with van der Waals surface area (Å²) in [5, 5.41) is 2.62. The summed E-state index contributed by atoms with van der Waals surface area (Å²) in [6.45, 7) is 5.20. The SMILES string of the molecule is CCc1nccn1CC(=O)N1CCN(C(C)=O)CC(C(=O)NC)C1. The van der Waals surface area contributed by atoms with E-state index in [0.29, 0.717) is 26.2 Å². The van der Waals surface area contributed by atoms with Crippen molar-refractivity contribution < 1.29 is 14.4 Å². The van der Waals surface area contributed by atoms with E-state index >= 15 is 0 Å². The molecule has 0 aromatic carbocycles. The van der Waals surface area contributed by atoms with Crippen LogP contribution < -0.4 is 5.32 Å². The lowest BCUT2D eigenvalue weighted by Gasteiger charge is -2.23. The van der Waals surface area contributed by atoms with Crippen molar-refractivity contribution in [3.63, 3.8) is 0 Å². The van der Waals surface area contributed by atoms with Crippen LogP contribution in [-0.2, 0) is 27.3 Å². The van der Waals surface area contributed by atoms with Crippen molar-refractivity contribution in [1.82, 2.24) is 24.7 Å². The van der Waals surface area contributed by atoms with Crippen molar-refractivity contribution in [3.8, 4) is 0 Å². The summed E-state index contributed by atoms with van der Waals surface area (Å²) in [5.74, 6) is 0.131. The normalized spacial score (nSPS) is 18.2. The molecule has 8 heteroatoms. The monoisotopic (exact) mass is 335 g/mol. The maximum Gasteiger partial charge on any atom is 0.242 e. The standard InChI is InChI=1S/C16H25N5O3/c1-4-14-18-5-6-20(14)11-15(23)21-8-7-19(12(2)22)9-13(10-21)16(24)17-3/h5-6,13H,4,7-11H2,1-3H3,(H,17,24). The molecule has 2 rings (SSSR count). The predicted molar refractivity (Wildman–Crippen MR) is 88.0 cm³/mol. The lowest BCUT2D eigenvalue weighted by molar-refractivity contribution is -0.133. The number of aryl methyl sites for hydroxylation is 1. The van der Waals surface area contributed by atoms with Crippen LogP contribution in [0, 0.1) is 5.92 Å². The van der Waals surface area contributed by atoms with Gasteiger partial charge in [0.15, 0.2) is 0 Å². The van der Waals surface area contributed by atoms with Crippen LogP contribution in [0.15, 0.2) is 12.4 Å². The second kappa shape index (κ2) is 7.94. The van der Waals surface area contributed by atoms with Crippen LogP contribution in [0.4, 0.5) is 0 Å². The van der Waals surface area contributed by atoms with E-state index < -0.39 is 5.92 Å². The fourth-order valence-electron chi connectivity index (χ4n) is 2.94. The Morgan fingerprint density at radius 2 is 1.92 bits per heavy atom. The van der Waals surface area contributed by atoms with Gasteiger partial charge in [0.2, 0.25) is 17.7 Å². The van der Waals surface area contributed by atoms with Gasteiger partial charge in [0.1, 0.15) is 12.4 Å². The molecule has 0 radical (unpaired) electrons. The molecule has 0 spiro atoms. The number of hydrogen-bond donors (Lipinski definition) is 1. The molecule has 0 saturated carbocycles. The number of carbonyl (C=O) groups excluding carboxylic acids is 3. The molecule has 8 nitrogen and oxygen atoms in total. The Morgan fingerprint density at radius 1 is 1.25 bits per heavy atom. The van der Waals surface area contributed by atoms with Crippen LogP contribution in [-0.4, -0.2) is 70.3 Å². The second-order valence-electron chi connectivity index (χ2n) is 5.94. The minimum absolute atomic E-state index is 0.0676. The number of nitrogens with one attached hydrogen (secondary N) is 1. The van der Waals surface area contributed by atoms with E-state index in [9.17, 15) is 14.4 Å². The first kappa shape index (κ1) is 18.0. The number of imidazole rings is 1. The van der Waals surface area contributed by atoms with Crippen LogP contribution in [0.2, 0.25) is 0 Å². The molecule has 0 bridgehead atoms. The fourth-order valence-corrected chi connectivity index (χ4v) is 2.94. The lowest BCUT2D eigenvalue weighted by atomic mass is 10.1. The number of nitrogens with zero attached hydrogens (tertiary/aromatic N) is 4. The highest BCUT2D eigenvalue weighted by molar-refractivity contribution is 5.82. The van der Waals surface area contributed by atoms with Gasteiger partial charge >= 0.3 is 0 Å². The molecule has 132 valence electrons. The predicted octanol–water partition coefficient (Wildman–Crippen LogP) is -0.502. The first-order chi connectivity index (χ1) is 11.5. The highest BCUT2D eigenvalue weighted by Gasteiger charge is 2.30. The average molecular weight is 335 g/mol. The van der Waals surface area contributed by atoms with Crippen molar-refractivity contribution >= 4 is 17.7 Å². The summed E-state index contributed by atoms with van der Waals surface area (Å²) < 4.78 is 1.82. The third kappa shape index (κ3) is 4.12. The molecule has 1 unspecified atom stereocenters. The highest BCUT2D eigenvalue weighted by atomic mass is 16.2. The van der Waals surface area contributed by atoms with Crippen LogP contribution in [0.5, 0.6) is 0 Å². The average Bonchev–Trinajstić information content (AvgIpc) is 2.88. The van der Waals surface area contributed by atoms with E-state index in [1.807, 2.05) is 11.5 Å². The van der Waals surface area contributed by atoms with Crippen LogP contribution in [0.1, 0.15) is 19.7 Å². The summed E-state index contributed by atoms with van der Waals surface area (Å²) in [6.07, 6.45) is 4.21. The van der Waals surface area contributed by atoms with E-state index in [4.69, 9.17) is 0 Å². The zero-order valence-corrected chi connectivity index (χ0v) is 14.5. The molecule has 2 heterocycles. The van der Waals surface area contributed by atoms with Crippen molar-refractivity contribution in [3.05, 3.63) is 18.2 Å². The largest absolute Gasteiger partial charge is 0.359 e. The summed E-state index contributed by atoms with van der Waals surface area (Å²) in [5.41, 5.74) is 0. The Morgan fingerprint density at radius 3 is 2.54 bits per heavy atom. The molecule has 1 atom stereocenters. The zero-order chi connectivity index (χ0) is 17.7. The van der Waals surface area contributed by atoms with Gasteiger partial charge in [-0.05, 0) is 0 Å². The number of rotatable bonds is 4. The Bertz CT molecular complexity index is 613. The van der Waals surface area contributed by atoms with E-state index in [1.54, 1.807) is 29.2 Å². The minimum Gasteiger partial charge on any atom is -0.359 e. The van der Waals surface area contributed by atoms with Crippen molar-refractivity contribution in [1.29, 1.82) is 0 Å². The van der Waals surface area contributed by atoms with E-state index in [1.165, 1.54) is 6.92 Å². The molecule has 3 amide bonds. The topological polar surface area (TPSA) is 87.5 Å². The molecular formula is C16H25N5O3. The zero-order valence-electron chi connectivity index (χ0n) is 14.5. The highest BCUT2D eigenvalue weighted by Crippen LogP contribution is 2.12. The third-order valence-electron chi connectivity index (χ3n) is 4.36. The molecule has 1 aliphatic heterocycles. The number of aromatic nitrogens is 2. The second-order valence-corrected chi connectivity index (χ2v) is 5.94. The van der Waals surface area contributed by atoms with Crippen molar-refractivity contribution in [2.75, 3.05) is 33.2 Å². The van der Waals surface area contributed by atoms with E-state index in [-0.39, 0.29) is 24.3 Å². The van der Waals surface area contributed by atoms with Crippen molar-refractivity contribution in [2.24, 2.45) is 5.92 Å². The summed E-state index contributed by atoms with van der Waals surface area (Å²) in [4.78, 5) is 43.9. The molecule has 1 aromatic heterocycles. The van der Waals surface area contributed by atoms with Gasteiger partial charge in [-0.2, -0.15) is 0 Å². The molecule has 1 N–H and O–H groups in total. The molecule has 1 aliphatic rings. The molecule has 24 heavy (non-hydrogen) atoms. The van der Waals surface area contributed by atoms with Crippen LogP contribution >= 0.6 is 0 Å². The van der Waals surface area contributed by atoms with E-state index in [0.717, 1.165) is 12.2 Å². The Hall–Kier alpha value is -2.38. The minimum atomic E-state index is -0.418. The molecule has 1 aromatic rings. The smallest absolute Gasteiger partial charge is 0.242 e. The molecule has 1 saturated heterocycles. The Labute approximate surface area is 141 Å². The summed E-state index contributed by atoms with van der Waals surface area (Å²) in [7, 11) is 1.57. The summed E-state index contributed by atoms with van der Waals surface area (Å²) >= 11 is 0. The first-order valence-corrected chi connectivity index (χ1v) is 8.21. The summed E-state index contributed by atoms with van der Waals surface area (Å²) in [6, 6.07) is 0.